The predicted molar refractivity (Wildman–Crippen MR) is 69.2 cm³/mol. The number of likely N-dealkylation sites (N-methyl/N-ethyl adjacent to an activating group) is 1. The number of carbonyl (C=O) groups excluding carboxylic acids is 2. The Hall–Kier alpha value is -2.28. The normalized spacial score (nSPS) is 13.7. The average molecular weight is 280 g/mol. The third-order valence-corrected chi connectivity index (χ3v) is 2.92. The number of fused-ring (bicyclic) bond motifs is 1. The molecule has 2 amide bonds. The minimum Gasteiger partial charge on any atom is -0.454 e. The van der Waals surface area contributed by atoms with E-state index in [9.17, 15) is 14.7 Å². The summed E-state index contributed by atoms with van der Waals surface area (Å²) in [6.07, 6.45) is -0.461. The molecule has 0 fully saturated rings. The Morgan fingerprint density at radius 2 is 2.05 bits per heavy atom. The fraction of sp³-hybridized carbons (Fsp3) is 0.385. The maximum absolute atomic E-state index is 11.2. The molecular weight excluding hydrogens is 264 g/mol. The summed E-state index contributed by atoms with van der Waals surface area (Å²) in [5, 5.41) is 14.7. The van der Waals surface area contributed by atoms with Crippen LogP contribution in [0.15, 0.2) is 18.2 Å². The maximum Gasteiger partial charge on any atom is 0.309 e. The largest absolute Gasteiger partial charge is 0.454 e. The Bertz CT molecular complexity index is 517. The molecule has 108 valence electrons. The van der Waals surface area contributed by atoms with Crippen molar-refractivity contribution in [1.82, 2.24) is 10.6 Å². The number of carbonyl (C=O) groups is 2. The van der Waals surface area contributed by atoms with E-state index in [2.05, 4.69) is 10.6 Å². The summed E-state index contributed by atoms with van der Waals surface area (Å²) in [6, 6.07) is 5.16. The molecule has 2 rings (SSSR count). The highest BCUT2D eigenvalue weighted by atomic mass is 16.7. The molecule has 0 radical (unpaired) electrons. The summed E-state index contributed by atoms with van der Waals surface area (Å²) in [4.78, 5) is 22.2. The van der Waals surface area contributed by atoms with Gasteiger partial charge in [-0.3, -0.25) is 9.59 Å². The zero-order chi connectivity index (χ0) is 14.5. The van der Waals surface area contributed by atoms with Crippen LogP contribution in [0.3, 0.4) is 0 Å². The van der Waals surface area contributed by atoms with E-state index in [4.69, 9.17) is 9.47 Å². The molecule has 1 aliphatic heterocycles. The highest BCUT2D eigenvalue weighted by molar-refractivity contribution is 6.34. The van der Waals surface area contributed by atoms with Crippen molar-refractivity contribution in [2.24, 2.45) is 0 Å². The van der Waals surface area contributed by atoms with E-state index in [1.165, 1.54) is 7.05 Å². The van der Waals surface area contributed by atoms with Gasteiger partial charge in [-0.1, -0.05) is 6.07 Å². The van der Waals surface area contributed by atoms with Crippen LogP contribution in [0.25, 0.3) is 0 Å². The Labute approximate surface area is 115 Å². The Morgan fingerprint density at radius 3 is 2.80 bits per heavy atom. The highest BCUT2D eigenvalue weighted by Crippen LogP contribution is 2.34. The van der Waals surface area contributed by atoms with Crippen molar-refractivity contribution in [3.05, 3.63) is 23.8 Å². The number of hydrogen-bond donors (Lipinski definition) is 3. The van der Waals surface area contributed by atoms with Crippen molar-refractivity contribution in [1.29, 1.82) is 0 Å². The van der Waals surface area contributed by atoms with Gasteiger partial charge in [-0.05, 0) is 24.1 Å². The Balaban J connectivity index is 1.84. The van der Waals surface area contributed by atoms with Crippen LogP contribution in [0.1, 0.15) is 18.1 Å². The molecule has 0 aromatic heterocycles. The summed E-state index contributed by atoms with van der Waals surface area (Å²) in [7, 11) is 1.38. The van der Waals surface area contributed by atoms with E-state index in [1.807, 2.05) is 0 Å². The molecule has 3 N–H and O–H groups in total. The van der Waals surface area contributed by atoms with E-state index in [-0.39, 0.29) is 13.3 Å². The van der Waals surface area contributed by atoms with Gasteiger partial charge in [0.2, 0.25) is 6.79 Å². The van der Waals surface area contributed by atoms with Gasteiger partial charge in [0.05, 0.1) is 6.10 Å². The third-order valence-electron chi connectivity index (χ3n) is 2.92. The van der Waals surface area contributed by atoms with Crippen molar-refractivity contribution in [3.63, 3.8) is 0 Å². The molecule has 0 saturated heterocycles. The van der Waals surface area contributed by atoms with Gasteiger partial charge in [0.15, 0.2) is 11.5 Å². The molecule has 0 saturated carbocycles. The summed E-state index contributed by atoms with van der Waals surface area (Å²) in [6.45, 7) is 0.374. The molecule has 20 heavy (non-hydrogen) atoms. The van der Waals surface area contributed by atoms with Crippen LogP contribution in [0.2, 0.25) is 0 Å². The van der Waals surface area contributed by atoms with Crippen molar-refractivity contribution in [2.75, 3.05) is 20.4 Å². The van der Waals surface area contributed by atoms with Gasteiger partial charge in [0.25, 0.3) is 0 Å². The Kier molecular flexibility index (Phi) is 4.41. The first-order valence-electron chi connectivity index (χ1n) is 6.19. The smallest absolute Gasteiger partial charge is 0.309 e. The molecular formula is C13H16N2O5. The van der Waals surface area contributed by atoms with Gasteiger partial charge in [-0.25, -0.2) is 0 Å². The minimum atomic E-state index is -0.755. The van der Waals surface area contributed by atoms with Crippen LogP contribution >= 0.6 is 0 Å². The van der Waals surface area contributed by atoms with Crippen molar-refractivity contribution >= 4 is 11.8 Å². The van der Waals surface area contributed by atoms with Gasteiger partial charge >= 0.3 is 11.8 Å². The lowest BCUT2D eigenvalue weighted by molar-refractivity contribution is -0.138. The molecule has 0 aliphatic carbocycles. The van der Waals surface area contributed by atoms with Crippen molar-refractivity contribution in [2.45, 2.75) is 12.5 Å². The zero-order valence-electron chi connectivity index (χ0n) is 11.0. The second kappa shape index (κ2) is 6.25. The number of benzene rings is 1. The first-order chi connectivity index (χ1) is 9.61. The lowest BCUT2D eigenvalue weighted by Gasteiger charge is -2.12. The molecule has 1 aromatic carbocycles. The number of rotatable bonds is 4. The summed E-state index contributed by atoms with van der Waals surface area (Å²) >= 11 is 0. The lowest BCUT2D eigenvalue weighted by Crippen LogP contribution is -2.38. The van der Waals surface area contributed by atoms with E-state index >= 15 is 0 Å². The SMILES string of the molecule is CNC(=O)C(=O)NCCC(O)c1ccc2c(c1)OCO2. The quantitative estimate of drug-likeness (QED) is 0.658. The van der Waals surface area contributed by atoms with Gasteiger partial charge in [-0.15, -0.1) is 0 Å². The monoisotopic (exact) mass is 280 g/mol. The zero-order valence-corrected chi connectivity index (χ0v) is 11.0. The summed E-state index contributed by atoms with van der Waals surface area (Å²) in [5.74, 6) is -0.183. The van der Waals surface area contributed by atoms with Crippen molar-refractivity contribution < 1.29 is 24.2 Å². The topological polar surface area (TPSA) is 96.9 Å². The molecule has 7 nitrogen and oxygen atoms in total. The highest BCUT2D eigenvalue weighted by Gasteiger charge is 2.17. The molecule has 1 aromatic rings. The summed E-state index contributed by atoms with van der Waals surface area (Å²) < 4.78 is 10.4. The molecule has 0 bridgehead atoms. The molecule has 1 aliphatic rings. The van der Waals surface area contributed by atoms with Crippen LogP contribution in [0.5, 0.6) is 11.5 Å². The summed E-state index contributed by atoms with van der Waals surface area (Å²) in [5.41, 5.74) is 0.670. The van der Waals surface area contributed by atoms with Crippen molar-refractivity contribution in [3.8, 4) is 11.5 Å². The molecule has 7 heteroatoms. The first kappa shape index (κ1) is 14.1. The number of aliphatic hydroxyl groups excluding tert-OH is 1. The standard InChI is InChI=1S/C13H16N2O5/c1-14-12(17)13(18)15-5-4-9(16)8-2-3-10-11(6-8)20-7-19-10/h2-3,6,9,16H,4-5,7H2,1H3,(H,14,17)(H,15,18). The fourth-order valence-electron chi connectivity index (χ4n) is 1.80. The average Bonchev–Trinajstić information content (AvgIpc) is 2.93. The fourth-order valence-corrected chi connectivity index (χ4v) is 1.80. The third kappa shape index (κ3) is 3.18. The van der Waals surface area contributed by atoms with Gasteiger partial charge < -0.3 is 25.2 Å². The van der Waals surface area contributed by atoms with E-state index in [1.54, 1.807) is 18.2 Å². The van der Waals surface area contributed by atoms with Gasteiger partial charge in [0.1, 0.15) is 0 Å². The molecule has 1 unspecified atom stereocenters. The van der Waals surface area contributed by atoms with Crippen LogP contribution in [0.4, 0.5) is 0 Å². The maximum atomic E-state index is 11.2. The van der Waals surface area contributed by atoms with E-state index in [0.717, 1.165) is 0 Å². The van der Waals surface area contributed by atoms with E-state index in [0.29, 0.717) is 23.5 Å². The lowest BCUT2D eigenvalue weighted by atomic mass is 10.1. The van der Waals surface area contributed by atoms with Crippen LogP contribution in [0, 0.1) is 0 Å². The Morgan fingerprint density at radius 1 is 1.30 bits per heavy atom. The molecule has 1 atom stereocenters. The molecule has 1 heterocycles. The number of hydrogen-bond acceptors (Lipinski definition) is 5. The van der Waals surface area contributed by atoms with Crippen LogP contribution in [-0.4, -0.2) is 37.3 Å². The van der Waals surface area contributed by atoms with Crippen LogP contribution in [-0.2, 0) is 9.59 Å². The van der Waals surface area contributed by atoms with Gasteiger partial charge in [0, 0.05) is 13.6 Å². The predicted octanol–water partition coefficient (Wildman–Crippen LogP) is -0.299. The van der Waals surface area contributed by atoms with Crippen LogP contribution < -0.4 is 20.1 Å². The molecule has 0 spiro atoms. The first-order valence-corrected chi connectivity index (χ1v) is 6.19. The minimum absolute atomic E-state index is 0.178. The number of amides is 2. The van der Waals surface area contributed by atoms with Gasteiger partial charge in [-0.2, -0.15) is 0 Å². The van der Waals surface area contributed by atoms with E-state index < -0.39 is 17.9 Å². The second-order valence-electron chi connectivity index (χ2n) is 4.25. The number of nitrogens with one attached hydrogen (secondary N) is 2. The number of aliphatic hydroxyl groups is 1. The number of ether oxygens (including phenoxy) is 2. The second-order valence-corrected chi connectivity index (χ2v) is 4.25.